The molecule has 0 heterocycles. The second kappa shape index (κ2) is 7.83. The first kappa shape index (κ1) is 17.1. The zero-order valence-electron chi connectivity index (χ0n) is 13.2. The Bertz CT molecular complexity index is 787. The zero-order chi connectivity index (χ0) is 17.5. The monoisotopic (exact) mass is 329 g/mol. The van der Waals surface area contributed by atoms with Gasteiger partial charge in [-0.2, -0.15) is 5.26 Å². The van der Waals surface area contributed by atoms with Gasteiger partial charge >= 0.3 is 0 Å². The third kappa shape index (κ3) is 4.14. The smallest absolute Gasteiger partial charge is 0.243 e. The minimum absolute atomic E-state index is 0.119. The van der Waals surface area contributed by atoms with Crippen molar-refractivity contribution in [3.8, 4) is 17.6 Å². The van der Waals surface area contributed by atoms with Crippen molar-refractivity contribution in [3.63, 3.8) is 0 Å². The van der Waals surface area contributed by atoms with E-state index in [1.54, 1.807) is 24.3 Å². The molecule has 7 heteroatoms. The van der Waals surface area contributed by atoms with Gasteiger partial charge in [-0.15, -0.1) is 0 Å². The average Bonchev–Trinajstić information content (AvgIpc) is 2.60. The minimum Gasteiger partial charge on any atom is -0.493 e. The van der Waals surface area contributed by atoms with Gasteiger partial charge in [0.1, 0.15) is 5.82 Å². The topological polar surface area (TPSA) is 83.4 Å². The van der Waals surface area contributed by atoms with Gasteiger partial charge in [0.05, 0.1) is 38.1 Å². The van der Waals surface area contributed by atoms with Crippen LogP contribution in [-0.4, -0.2) is 26.7 Å². The van der Waals surface area contributed by atoms with Gasteiger partial charge in [-0.05, 0) is 18.2 Å². The molecule has 0 spiro atoms. The van der Waals surface area contributed by atoms with Crippen LogP contribution in [0.5, 0.6) is 11.5 Å². The Balaban J connectivity index is 2.02. The number of hydrogen-bond acceptors (Lipinski definition) is 5. The van der Waals surface area contributed by atoms with Crippen LogP contribution < -0.4 is 20.1 Å². The molecule has 0 aliphatic carbocycles. The number of halogens is 1. The number of anilines is 2. The molecule has 124 valence electrons. The molecule has 0 unspecified atom stereocenters. The quantitative estimate of drug-likeness (QED) is 0.851. The van der Waals surface area contributed by atoms with Crippen LogP contribution in [0.15, 0.2) is 36.4 Å². The highest BCUT2D eigenvalue weighted by molar-refractivity contribution is 5.93. The van der Waals surface area contributed by atoms with Crippen LogP contribution in [0, 0.1) is 17.1 Å². The van der Waals surface area contributed by atoms with Crippen molar-refractivity contribution in [2.45, 2.75) is 0 Å². The van der Waals surface area contributed by atoms with E-state index in [9.17, 15) is 9.18 Å². The number of nitrogens with one attached hydrogen (secondary N) is 2. The molecule has 0 saturated heterocycles. The normalized spacial score (nSPS) is 9.75. The number of rotatable bonds is 6. The van der Waals surface area contributed by atoms with Crippen LogP contribution in [-0.2, 0) is 4.79 Å². The van der Waals surface area contributed by atoms with Gasteiger partial charge in [0, 0.05) is 17.8 Å². The maximum Gasteiger partial charge on any atom is 0.243 e. The second-order valence-electron chi connectivity index (χ2n) is 4.78. The van der Waals surface area contributed by atoms with Gasteiger partial charge in [-0.3, -0.25) is 4.79 Å². The lowest BCUT2D eigenvalue weighted by Gasteiger charge is -2.12. The molecule has 0 radical (unpaired) electrons. The number of carbonyl (C=O) groups is 1. The van der Waals surface area contributed by atoms with E-state index in [1.165, 1.54) is 26.4 Å². The maximum absolute atomic E-state index is 14.0. The Labute approximate surface area is 138 Å². The van der Waals surface area contributed by atoms with E-state index in [1.807, 2.05) is 6.07 Å². The van der Waals surface area contributed by atoms with E-state index < -0.39 is 5.82 Å². The average molecular weight is 329 g/mol. The predicted molar refractivity (Wildman–Crippen MR) is 87.8 cm³/mol. The van der Waals surface area contributed by atoms with Crippen molar-refractivity contribution in [1.82, 2.24) is 0 Å². The van der Waals surface area contributed by atoms with Crippen LogP contribution in [0.1, 0.15) is 5.56 Å². The van der Waals surface area contributed by atoms with Gasteiger partial charge in [-0.25, -0.2) is 4.39 Å². The number of carbonyl (C=O) groups excluding carboxylic acids is 1. The molecule has 2 aromatic carbocycles. The summed E-state index contributed by atoms with van der Waals surface area (Å²) in [7, 11) is 2.85. The van der Waals surface area contributed by atoms with Crippen molar-refractivity contribution in [1.29, 1.82) is 5.26 Å². The summed E-state index contributed by atoms with van der Waals surface area (Å²) in [5.41, 5.74) is 1.05. The third-order valence-electron chi connectivity index (χ3n) is 3.19. The summed E-state index contributed by atoms with van der Waals surface area (Å²) in [5, 5.41) is 14.2. The van der Waals surface area contributed by atoms with E-state index in [-0.39, 0.29) is 23.9 Å². The molecule has 24 heavy (non-hydrogen) atoms. The van der Waals surface area contributed by atoms with Crippen LogP contribution >= 0.6 is 0 Å². The first-order valence-electron chi connectivity index (χ1n) is 7.02. The van der Waals surface area contributed by atoms with E-state index in [4.69, 9.17) is 14.7 Å². The first-order chi connectivity index (χ1) is 11.6. The molecule has 1 amide bonds. The summed E-state index contributed by atoms with van der Waals surface area (Å²) < 4.78 is 24.1. The maximum atomic E-state index is 14.0. The summed E-state index contributed by atoms with van der Waals surface area (Å²) in [6, 6.07) is 11.1. The fourth-order valence-electron chi connectivity index (χ4n) is 2.04. The van der Waals surface area contributed by atoms with Crippen LogP contribution in [0.2, 0.25) is 0 Å². The first-order valence-corrected chi connectivity index (χ1v) is 7.02. The summed E-state index contributed by atoms with van der Waals surface area (Å²) in [6.45, 7) is -0.150. The Morgan fingerprint density at radius 3 is 2.58 bits per heavy atom. The van der Waals surface area contributed by atoms with Crippen molar-refractivity contribution in [2.24, 2.45) is 0 Å². The molecule has 6 nitrogen and oxygen atoms in total. The number of methoxy groups -OCH3 is 2. The summed E-state index contributed by atoms with van der Waals surface area (Å²) >= 11 is 0. The molecule has 0 atom stereocenters. The van der Waals surface area contributed by atoms with Gasteiger partial charge in [0.2, 0.25) is 5.91 Å². The Kier molecular flexibility index (Phi) is 5.58. The molecule has 0 fully saturated rings. The highest BCUT2D eigenvalue weighted by Gasteiger charge is 2.12. The minimum atomic E-state index is -0.563. The molecule has 2 N–H and O–H groups in total. The van der Waals surface area contributed by atoms with E-state index in [0.29, 0.717) is 17.0 Å². The lowest BCUT2D eigenvalue weighted by molar-refractivity contribution is -0.114. The fraction of sp³-hybridized carbons (Fsp3) is 0.176. The highest BCUT2D eigenvalue weighted by Crippen LogP contribution is 2.32. The lowest BCUT2D eigenvalue weighted by atomic mass is 10.2. The van der Waals surface area contributed by atoms with Gasteiger partial charge in [0.25, 0.3) is 0 Å². The van der Waals surface area contributed by atoms with Crippen LogP contribution in [0.3, 0.4) is 0 Å². The standard InChI is InChI=1S/C17H16FN3O3/c1-23-15-7-13(18)14(8-16(15)24-2)20-10-17(22)21-12-5-3-4-11(6-12)9-19/h3-8,20H,10H2,1-2H3,(H,21,22). The van der Waals surface area contributed by atoms with E-state index in [0.717, 1.165) is 0 Å². The summed E-state index contributed by atoms with van der Waals surface area (Å²) in [6.07, 6.45) is 0. The number of ether oxygens (including phenoxy) is 2. The van der Waals surface area contributed by atoms with Gasteiger partial charge < -0.3 is 20.1 Å². The number of benzene rings is 2. The van der Waals surface area contributed by atoms with E-state index >= 15 is 0 Å². The summed E-state index contributed by atoms with van der Waals surface area (Å²) in [4.78, 5) is 11.9. The van der Waals surface area contributed by atoms with Crippen molar-refractivity contribution < 1.29 is 18.7 Å². The zero-order valence-corrected chi connectivity index (χ0v) is 13.2. The molecule has 0 aliphatic heterocycles. The largest absolute Gasteiger partial charge is 0.493 e. The number of amides is 1. The van der Waals surface area contributed by atoms with Crippen molar-refractivity contribution in [3.05, 3.63) is 47.8 Å². The Morgan fingerprint density at radius 2 is 1.92 bits per heavy atom. The molecule has 2 aromatic rings. The van der Waals surface area contributed by atoms with Crippen LogP contribution in [0.4, 0.5) is 15.8 Å². The summed E-state index contributed by atoms with van der Waals surface area (Å²) in [5.74, 6) is -0.326. The molecule has 0 aliphatic rings. The van der Waals surface area contributed by atoms with Gasteiger partial charge in [-0.1, -0.05) is 6.07 Å². The molecule has 2 rings (SSSR count). The van der Waals surface area contributed by atoms with Crippen LogP contribution in [0.25, 0.3) is 0 Å². The van der Waals surface area contributed by atoms with Gasteiger partial charge in [0.15, 0.2) is 11.5 Å². The number of nitriles is 1. The lowest BCUT2D eigenvalue weighted by Crippen LogP contribution is -2.22. The highest BCUT2D eigenvalue weighted by atomic mass is 19.1. The molecular formula is C17H16FN3O3. The Hall–Kier alpha value is -3.27. The molecule has 0 aromatic heterocycles. The molecular weight excluding hydrogens is 313 g/mol. The van der Waals surface area contributed by atoms with Crippen molar-refractivity contribution >= 4 is 17.3 Å². The Morgan fingerprint density at radius 1 is 1.21 bits per heavy atom. The third-order valence-corrected chi connectivity index (χ3v) is 3.19. The second-order valence-corrected chi connectivity index (χ2v) is 4.78. The fourth-order valence-corrected chi connectivity index (χ4v) is 2.04. The number of hydrogen-bond donors (Lipinski definition) is 2. The van der Waals surface area contributed by atoms with E-state index in [2.05, 4.69) is 10.6 Å². The van der Waals surface area contributed by atoms with Crippen molar-refractivity contribution in [2.75, 3.05) is 31.4 Å². The predicted octanol–water partition coefficient (Wildman–Crippen LogP) is 2.77. The molecule has 0 saturated carbocycles. The molecule has 0 bridgehead atoms. The SMILES string of the molecule is COc1cc(F)c(NCC(=O)Nc2cccc(C#N)c2)cc1OC. The number of nitrogens with zero attached hydrogens (tertiary/aromatic N) is 1.